The molecule has 0 saturated carbocycles. The van der Waals surface area contributed by atoms with Gasteiger partial charge in [-0.3, -0.25) is 14.6 Å². The summed E-state index contributed by atoms with van der Waals surface area (Å²) < 4.78 is 6.73. The van der Waals surface area contributed by atoms with Gasteiger partial charge >= 0.3 is 0 Å². The van der Waals surface area contributed by atoms with Crippen molar-refractivity contribution in [3.05, 3.63) is 28.2 Å². The molecule has 0 spiro atoms. The normalized spacial score (nSPS) is 41.4. The quantitative estimate of drug-likeness (QED) is 0.787. The van der Waals surface area contributed by atoms with Crippen LogP contribution in [0.3, 0.4) is 0 Å². The van der Waals surface area contributed by atoms with Crippen LogP contribution in [0.4, 0.5) is 0 Å². The number of halogens is 1. The predicted molar refractivity (Wildman–Crippen MR) is 90.7 cm³/mol. The van der Waals surface area contributed by atoms with Crippen molar-refractivity contribution >= 4 is 21.7 Å². The Morgan fingerprint density at radius 1 is 1.26 bits per heavy atom. The smallest absolute Gasteiger partial charge is 0.244 e. The van der Waals surface area contributed by atoms with Crippen molar-refractivity contribution in [3.63, 3.8) is 0 Å². The van der Waals surface area contributed by atoms with Crippen LogP contribution >= 0.6 is 15.9 Å². The van der Waals surface area contributed by atoms with E-state index in [4.69, 9.17) is 4.74 Å². The summed E-state index contributed by atoms with van der Waals surface area (Å²) in [4.78, 5) is 16.1. The minimum Gasteiger partial charge on any atom is -0.496 e. The Balaban J connectivity index is 1.78. The first kappa shape index (κ1) is 15.6. The number of piperidine rings is 2. The van der Waals surface area contributed by atoms with Crippen molar-refractivity contribution in [1.29, 1.82) is 0 Å². The zero-order chi connectivity index (χ0) is 16.4. The summed E-state index contributed by atoms with van der Waals surface area (Å²) >= 11 is 3.61. The number of ketones is 1. The lowest BCUT2D eigenvalue weighted by molar-refractivity contribution is -1.18. The van der Waals surface area contributed by atoms with E-state index in [0.717, 1.165) is 42.8 Å². The van der Waals surface area contributed by atoms with Gasteiger partial charge in [0.05, 0.1) is 7.11 Å². The van der Waals surface area contributed by atoms with E-state index in [1.165, 1.54) is 5.56 Å². The molecule has 4 bridgehead atoms. The van der Waals surface area contributed by atoms with Gasteiger partial charge in [0.15, 0.2) is 5.78 Å². The third-order valence-electron chi connectivity index (χ3n) is 6.39. The largest absolute Gasteiger partial charge is 0.496 e. The number of hydrogen-bond donors (Lipinski definition) is 2. The van der Waals surface area contributed by atoms with E-state index in [1.54, 1.807) is 16.9 Å². The van der Waals surface area contributed by atoms with Gasteiger partial charge in [0.25, 0.3) is 0 Å². The van der Waals surface area contributed by atoms with Crippen LogP contribution in [0.25, 0.3) is 0 Å². The highest BCUT2D eigenvalue weighted by atomic mass is 79.9. The van der Waals surface area contributed by atoms with Crippen LogP contribution in [0, 0.1) is 10.8 Å². The first-order valence-corrected chi connectivity index (χ1v) is 9.29. The monoisotopic (exact) mass is 380 g/mol. The summed E-state index contributed by atoms with van der Waals surface area (Å²) in [5.74, 6) is 1.49. The third-order valence-corrected chi connectivity index (χ3v) is 6.88. The van der Waals surface area contributed by atoms with Crippen molar-refractivity contribution in [1.82, 2.24) is 0 Å². The van der Waals surface area contributed by atoms with E-state index in [1.807, 2.05) is 12.1 Å². The van der Waals surface area contributed by atoms with Crippen LogP contribution < -0.4 is 14.5 Å². The van der Waals surface area contributed by atoms with E-state index in [2.05, 4.69) is 35.8 Å². The van der Waals surface area contributed by atoms with E-state index < -0.39 is 0 Å². The second-order valence-electron chi connectivity index (χ2n) is 7.87. The fourth-order valence-corrected chi connectivity index (χ4v) is 5.94. The minimum absolute atomic E-state index is 0.105. The number of hydrogen-bond acceptors (Lipinski definition) is 2. The third kappa shape index (κ3) is 2.06. The molecule has 4 aliphatic heterocycles. The van der Waals surface area contributed by atoms with Crippen molar-refractivity contribution in [2.24, 2.45) is 10.8 Å². The molecular weight excluding hydrogens is 356 g/mol. The Morgan fingerprint density at radius 2 is 1.91 bits per heavy atom. The summed E-state index contributed by atoms with van der Waals surface area (Å²) in [6.07, 6.45) is 1.35. The van der Waals surface area contributed by atoms with E-state index in [9.17, 15) is 4.79 Å². The summed E-state index contributed by atoms with van der Waals surface area (Å²) in [6, 6.07) is 6.29. The van der Waals surface area contributed by atoms with Crippen molar-refractivity contribution in [2.45, 2.75) is 26.4 Å². The molecule has 124 valence electrons. The van der Waals surface area contributed by atoms with Gasteiger partial charge in [-0.1, -0.05) is 22.9 Å². The molecule has 2 atom stereocenters. The van der Waals surface area contributed by atoms with Gasteiger partial charge in [0, 0.05) is 4.47 Å². The molecule has 0 amide bonds. The number of rotatable bonds is 3. The van der Waals surface area contributed by atoms with Gasteiger partial charge in [-0.2, -0.15) is 0 Å². The van der Waals surface area contributed by atoms with Gasteiger partial charge in [-0.15, -0.1) is 0 Å². The topological polar surface area (TPSA) is 35.2 Å². The lowest BCUT2D eigenvalue weighted by Crippen LogP contribution is -3.41. The molecule has 4 nitrogen and oxygen atoms in total. The number of methoxy groups -OCH3 is 1. The number of nitrogens with one attached hydrogen (secondary N) is 2. The fourth-order valence-electron chi connectivity index (χ4n) is 5.56. The maximum atomic E-state index is 13.0. The number of Topliss-reactive ketones (excluding diaryl/α,β-unsaturated/α-hetero) is 1. The SMILES string of the molecule is CCC12C[NH+]3CC(C)(C[NH+](C1)C3c1cc(Br)ccc1OC)C2=O. The summed E-state index contributed by atoms with van der Waals surface area (Å²) in [5, 5.41) is 0. The van der Waals surface area contributed by atoms with Gasteiger partial charge in [0.2, 0.25) is 6.17 Å². The molecule has 0 aliphatic carbocycles. The molecule has 4 saturated heterocycles. The Bertz CT molecular complexity index is 659. The lowest BCUT2D eigenvalue weighted by Gasteiger charge is -2.59. The summed E-state index contributed by atoms with van der Waals surface area (Å²) in [5.41, 5.74) is 1.02. The molecule has 0 radical (unpaired) electrons. The summed E-state index contributed by atoms with van der Waals surface area (Å²) in [7, 11) is 1.75. The average molecular weight is 381 g/mol. The predicted octanol–water partition coefficient (Wildman–Crippen LogP) is 0.239. The Kier molecular flexibility index (Phi) is 3.42. The Morgan fingerprint density at radius 3 is 2.48 bits per heavy atom. The van der Waals surface area contributed by atoms with Crippen molar-refractivity contribution in [2.75, 3.05) is 33.3 Å². The first-order chi connectivity index (χ1) is 10.9. The molecule has 1 aromatic rings. The molecule has 4 heterocycles. The molecule has 23 heavy (non-hydrogen) atoms. The fraction of sp³-hybridized carbons (Fsp3) is 0.611. The number of carbonyl (C=O) groups is 1. The minimum atomic E-state index is -0.146. The molecule has 0 aromatic heterocycles. The second kappa shape index (κ2) is 5.04. The molecular formula is C18H25BrN2O2+2. The van der Waals surface area contributed by atoms with Crippen molar-refractivity contribution < 1.29 is 19.3 Å². The van der Waals surface area contributed by atoms with Crippen molar-refractivity contribution in [3.8, 4) is 5.75 Å². The molecule has 5 heteroatoms. The van der Waals surface area contributed by atoms with Crippen LogP contribution in [0.5, 0.6) is 5.75 Å². The van der Waals surface area contributed by atoms with Crippen LogP contribution in [0.15, 0.2) is 22.7 Å². The van der Waals surface area contributed by atoms with E-state index in [-0.39, 0.29) is 10.8 Å². The number of ether oxygens (including phenoxy) is 1. The highest BCUT2D eigenvalue weighted by molar-refractivity contribution is 9.10. The number of quaternary nitrogens is 2. The summed E-state index contributed by atoms with van der Waals surface area (Å²) in [6.45, 7) is 8.23. The van der Waals surface area contributed by atoms with Crippen LogP contribution in [0.2, 0.25) is 0 Å². The van der Waals surface area contributed by atoms with Gasteiger partial charge in [0.1, 0.15) is 48.3 Å². The highest BCUT2D eigenvalue weighted by Gasteiger charge is 2.69. The molecule has 1 aromatic carbocycles. The number of carbonyl (C=O) groups excluding carboxylic acids is 1. The standard InChI is InChI=1S/C18H23BrN2O2/c1-4-18-10-20-8-17(2,16(18)22)9-21(11-18)15(20)13-7-12(19)5-6-14(13)23-3/h5-7,15H,4,8-11H2,1-3H3/p+2. The molecule has 2 unspecified atom stereocenters. The average Bonchev–Trinajstić information content (AvgIpc) is 2.51. The Labute approximate surface area is 145 Å². The van der Waals surface area contributed by atoms with Gasteiger partial charge in [-0.25, -0.2) is 0 Å². The second-order valence-corrected chi connectivity index (χ2v) is 8.78. The zero-order valence-corrected chi connectivity index (χ0v) is 15.6. The maximum Gasteiger partial charge on any atom is 0.244 e. The van der Waals surface area contributed by atoms with Crippen LogP contribution in [-0.4, -0.2) is 39.1 Å². The molecule has 5 rings (SSSR count). The molecule has 4 fully saturated rings. The van der Waals surface area contributed by atoms with Gasteiger partial charge < -0.3 is 4.74 Å². The van der Waals surface area contributed by atoms with E-state index in [0.29, 0.717) is 11.9 Å². The van der Waals surface area contributed by atoms with E-state index >= 15 is 0 Å². The highest BCUT2D eigenvalue weighted by Crippen LogP contribution is 2.39. The maximum absolute atomic E-state index is 13.0. The molecule has 4 aliphatic rings. The first-order valence-electron chi connectivity index (χ1n) is 8.50. The lowest BCUT2D eigenvalue weighted by atomic mass is 9.60. The Hall–Kier alpha value is -0.910. The van der Waals surface area contributed by atoms with Crippen LogP contribution in [0.1, 0.15) is 32.0 Å². The number of benzene rings is 1. The molecule has 2 N–H and O–H groups in total. The zero-order valence-electron chi connectivity index (χ0n) is 14.0. The van der Waals surface area contributed by atoms with Gasteiger partial charge in [-0.05, 0) is 31.5 Å². The van der Waals surface area contributed by atoms with Crippen LogP contribution in [-0.2, 0) is 4.79 Å².